The molecule has 0 amide bonds. The molecule has 0 bridgehead atoms. The van der Waals surface area contributed by atoms with Gasteiger partial charge in [-0.05, 0) is 6.07 Å². The molecule has 18 heavy (non-hydrogen) atoms. The molecule has 2 rings (SSSR count). The summed E-state index contributed by atoms with van der Waals surface area (Å²) in [4.78, 5) is 10.5. The monoisotopic (exact) mass is 267 g/mol. The molecular weight excluding hydrogens is 258 g/mol. The zero-order chi connectivity index (χ0) is 13.3. The van der Waals surface area contributed by atoms with E-state index in [9.17, 15) is 10.1 Å². The Morgan fingerprint density at radius 1 is 1.44 bits per heavy atom. The Kier molecular flexibility index (Phi) is 3.15. The van der Waals surface area contributed by atoms with Gasteiger partial charge in [0.25, 0.3) is 5.69 Å². The van der Waals surface area contributed by atoms with Crippen molar-refractivity contribution in [3.05, 3.63) is 33.3 Å². The van der Waals surface area contributed by atoms with E-state index in [0.717, 1.165) is 0 Å². The van der Waals surface area contributed by atoms with Gasteiger partial charge in [0.05, 0.1) is 9.95 Å². The quantitative estimate of drug-likeness (QED) is 0.680. The largest absolute Gasteiger partial charge is 0.357 e. The fourth-order valence-electron chi connectivity index (χ4n) is 1.65. The van der Waals surface area contributed by atoms with Crippen LogP contribution in [0, 0.1) is 10.1 Å². The van der Waals surface area contributed by atoms with Crippen molar-refractivity contribution in [2.45, 2.75) is 0 Å². The van der Waals surface area contributed by atoms with Gasteiger partial charge in [-0.3, -0.25) is 14.7 Å². The Hall–Kier alpha value is -2.15. The lowest BCUT2D eigenvalue weighted by molar-refractivity contribution is -0.384. The van der Waals surface area contributed by atoms with E-state index in [1.54, 1.807) is 24.7 Å². The topological polar surface area (TPSA) is 85.9 Å². The summed E-state index contributed by atoms with van der Waals surface area (Å²) < 4.78 is 1.61. The summed E-state index contributed by atoms with van der Waals surface area (Å²) in [5.74, 6) is 0.843. The summed E-state index contributed by atoms with van der Waals surface area (Å²) in [7, 11) is 3.39. The van der Waals surface area contributed by atoms with Gasteiger partial charge < -0.3 is 5.32 Å². The molecule has 0 atom stereocenters. The molecular formula is C10H10ClN5O2. The molecule has 0 saturated carbocycles. The Labute approximate surface area is 108 Å². The van der Waals surface area contributed by atoms with Gasteiger partial charge in [-0.1, -0.05) is 17.7 Å². The number of nitrogens with zero attached hydrogens (tertiary/aromatic N) is 4. The third kappa shape index (κ3) is 1.88. The maximum absolute atomic E-state index is 11.0. The van der Waals surface area contributed by atoms with E-state index in [0.29, 0.717) is 11.8 Å². The number of hydrogen-bond donors (Lipinski definition) is 1. The summed E-state index contributed by atoms with van der Waals surface area (Å²) in [6.07, 6.45) is 0. The number of nitrogens with one attached hydrogen (secondary N) is 1. The lowest BCUT2D eigenvalue weighted by Crippen LogP contribution is -2.01. The molecule has 7 nitrogen and oxygen atoms in total. The van der Waals surface area contributed by atoms with E-state index in [4.69, 9.17) is 11.6 Å². The number of rotatable bonds is 3. The molecule has 1 aromatic heterocycles. The van der Waals surface area contributed by atoms with E-state index in [1.165, 1.54) is 12.1 Å². The van der Waals surface area contributed by atoms with Crippen molar-refractivity contribution in [1.29, 1.82) is 0 Å². The summed E-state index contributed by atoms with van der Waals surface area (Å²) in [5.41, 5.74) is 0.168. The molecule has 1 N–H and O–H groups in total. The minimum atomic E-state index is -0.491. The van der Waals surface area contributed by atoms with Crippen LogP contribution >= 0.6 is 11.6 Å². The van der Waals surface area contributed by atoms with Crippen LogP contribution in [-0.2, 0) is 7.05 Å². The SMILES string of the molecule is CNc1nnc(-c2c(Cl)cccc2[N+](=O)[O-])n1C. The standard InChI is InChI=1S/C10H10ClN5O2/c1-12-10-14-13-9(15(10)2)8-6(11)4-3-5-7(8)16(17)18/h3-5H,1-2H3,(H,12,14). The molecule has 0 saturated heterocycles. The second kappa shape index (κ2) is 4.61. The third-order valence-corrected chi connectivity index (χ3v) is 2.83. The number of aromatic nitrogens is 3. The zero-order valence-corrected chi connectivity index (χ0v) is 10.5. The average Bonchev–Trinajstić information content (AvgIpc) is 2.70. The first-order valence-corrected chi connectivity index (χ1v) is 5.44. The molecule has 8 heteroatoms. The van der Waals surface area contributed by atoms with Gasteiger partial charge in [-0.15, -0.1) is 10.2 Å². The van der Waals surface area contributed by atoms with Crippen molar-refractivity contribution in [2.24, 2.45) is 7.05 Å². The molecule has 1 heterocycles. The van der Waals surface area contributed by atoms with Crippen LogP contribution in [0.1, 0.15) is 0 Å². The Morgan fingerprint density at radius 3 is 2.72 bits per heavy atom. The predicted octanol–water partition coefficient (Wildman–Crippen LogP) is 2.09. The molecule has 0 aliphatic heterocycles. The minimum absolute atomic E-state index is 0.0966. The second-order valence-corrected chi connectivity index (χ2v) is 3.95. The van der Waals surface area contributed by atoms with Crippen molar-refractivity contribution in [1.82, 2.24) is 14.8 Å². The van der Waals surface area contributed by atoms with Crippen LogP contribution in [0.2, 0.25) is 5.02 Å². The van der Waals surface area contributed by atoms with Crippen LogP contribution in [-0.4, -0.2) is 26.7 Å². The lowest BCUT2D eigenvalue weighted by Gasteiger charge is -2.05. The molecule has 94 valence electrons. The predicted molar refractivity (Wildman–Crippen MR) is 67.7 cm³/mol. The van der Waals surface area contributed by atoms with Gasteiger partial charge in [0.1, 0.15) is 5.56 Å². The van der Waals surface area contributed by atoms with Crippen molar-refractivity contribution in [3.8, 4) is 11.4 Å². The third-order valence-electron chi connectivity index (χ3n) is 2.51. The Balaban J connectivity index is 2.70. The highest BCUT2D eigenvalue weighted by Gasteiger charge is 2.23. The molecule has 0 unspecified atom stereocenters. The summed E-state index contributed by atoms with van der Waals surface area (Å²) in [6.45, 7) is 0. The lowest BCUT2D eigenvalue weighted by atomic mass is 10.1. The van der Waals surface area contributed by atoms with Gasteiger partial charge in [0.2, 0.25) is 5.95 Å². The van der Waals surface area contributed by atoms with Crippen molar-refractivity contribution >= 4 is 23.2 Å². The van der Waals surface area contributed by atoms with E-state index in [-0.39, 0.29) is 16.3 Å². The summed E-state index contributed by atoms with van der Waals surface area (Å²) >= 11 is 6.03. The van der Waals surface area contributed by atoms with Crippen molar-refractivity contribution < 1.29 is 4.92 Å². The number of nitro benzene ring substituents is 1. The normalized spacial score (nSPS) is 10.4. The Bertz CT molecular complexity index is 610. The van der Waals surface area contributed by atoms with Crippen LogP contribution in [0.4, 0.5) is 11.6 Å². The summed E-state index contributed by atoms with van der Waals surface area (Å²) in [5, 5.41) is 21.9. The highest BCUT2D eigenvalue weighted by atomic mass is 35.5. The highest BCUT2D eigenvalue weighted by Crippen LogP contribution is 2.35. The first-order chi connectivity index (χ1) is 8.56. The number of benzene rings is 1. The van der Waals surface area contributed by atoms with Gasteiger partial charge in [-0.25, -0.2) is 0 Å². The van der Waals surface area contributed by atoms with Crippen LogP contribution < -0.4 is 5.32 Å². The van der Waals surface area contributed by atoms with Crippen LogP contribution in [0.15, 0.2) is 18.2 Å². The number of hydrogen-bond acceptors (Lipinski definition) is 5. The molecule has 0 fully saturated rings. The molecule has 2 aromatic rings. The molecule has 0 aliphatic carbocycles. The van der Waals surface area contributed by atoms with Crippen LogP contribution in [0.25, 0.3) is 11.4 Å². The van der Waals surface area contributed by atoms with E-state index >= 15 is 0 Å². The summed E-state index contributed by atoms with van der Waals surface area (Å²) in [6, 6.07) is 4.49. The smallest absolute Gasteiger partial charge is 0.281 e. The number of halogens is 1. The minimum Gasteiger partial charge on any atom is -0.357 e. The van der Waals surface area contributed by atoms with Crippen molar-refractivity contribution in [2.75, 3.05) is 12.4 Å². The van der Waals surface area contributed by atoms with Gasteiger partial charge in [-0.2, -0.15) is 0 Å². The van der Waals surface area contributed by atoms with Crippen molar-refractivity contribution in [3.63, 3.8) is 0 Å². The fraction of sp³-hybridized carbons (Fsp3) is 0.200. The van der Waals surface area contributed by atoms with Gasteiger partial charge >= 0.3 is 0 Å². The maximum Gasteiger partial charge on any atom is 0.281 e. The number of anilines is 1. The fourth-order valence-corrected chi connectivity index (χ4v) is 1.90. The first kappa shape index (κ1) is 12.3. The van der Waals surface area contributed by atoms with Gasteiger partial charge in [0, 0.05) is 20.2 Å². The zero-order valence-electron chi connectivity index (χ0n) is 9.72. The van der Waals surface area contributed by atoms with Crippen LogP contribution in [0.5, 0.6) is 0 Å². The first-order valence-electron chi connectivity index (χ1n) is 5.06. The van der Waals surface area contributed by atoms with E-state index < -0.39 is 4.92 Å². The number of nitro groups is 1. The average molecular weight is 268 g/mol. The second-order valence-electron chi connectivity index (χ2n) is 3.55. The van der Waals surface area contributed by atoms with Gasteiger partial charge in [0.15, 0.2) is 5.82 Å². The highest BCUT2D eigenvalue weighted by molar-refractivity contribution is 6.33. The molecule has 0 spiro atoms. The van der Waals surface area contributed by atoms with Crippen LogP contribution in [0.3, 0.4) is 0 Å². The molecule has 1 aromatic carbocycles. The molecule has 0 radical (unpaired) electrons. The molecule has 0 aliphatic rings. The van der Waals surface area contributed by atoms with E-state index in [2.05, 4.69) is 15.5 Å². The van der Waals surface area contributed by atoms with E-state index in [1.807, 2.05) is 0 Å². The Morgan fingerprint density at radius 2 is 2.17 bits per heavy atom. The maximum atomic E-state index is 11.0.